The number of carbonyl (C=O) groups excluding carboxylic acids is 5. The molecule has 0 bridgehead atoms. The molecule has 3 heterocycles. The molecule has 0 aliphatic carbocycles. The molecule has 7 rings (SSSR count). The number of nitrogens with one attached hydrogen (secondary N) is 2. The minimum Gasteiger partial charge on any atom is -0.504 e. The summed E-state index contributed by atoms with van der Waals surface area (Å²) in [6, 6.07) is 27.4. The Bertz CT molecular complexity index is 2420. The van der Waals surface area contributed by atoms with Gasteiger partial charge in [-0.1, -0.05) is 103 Å². The molecule has 4 aromatic carbocycles. The first-order valence-electron chi connectivity index (χ1n) is 18.3. The molecule has 2 aliphatic rings. The highest BCUT2D eigenvalue weighted by atomic mass is 32.2. The number of aromatic hydroxyl groups is 2. The van der Waals surface area contributed by atoms with Gasteiger partial charge in [-0.05, 0) is 50.9 Å². The second kappa shape index (κ2) is 17.7. The highest BCUT2D eigenvalue weighted by Gasteiger charge is 2.67. The molecule has 4 N–H and O–H groups in total. The van der Waals surface area contributed by atoms with E-state index < -0.39 is 64.5 Å². The lowest BCUT2D eigenvalue weighted by Gasteiger charge is -2.56. The van der Waals surface area contributed by atoms with Crippen molar-refractivity contribution in [2.24, 2.45) is 7.05 Å². The third-order valence-corrected chi connectivity index (χ3v) is 12.3. The van der Waals surface area contributed by atoms with Crippen LogP contribution in [-0.2, 0) is 30.9 Å². The quantitative estimate of drug-likeness (QED) is 0.0435. The number of rotatable bonds is 13. The number of esters is 1. The molecule has 1 saturated heterocycles. The second-order valence-corrected chi connectivity index (χ2v) is 15.6. The molecule has 1 fully saturated rings. The zero-order valence-corrected chi connectivity index (χ0v) is 33.9. The number of benzene rings is 4. The normalized spacial score (nSPS) is 17.6. The maximum Gasteiger partial charge on any atom is 0.356 e. The first-order chi connectivity index (χ1) is 28.9. The Morgan fingerprint density at radius 1 is 0.933 bits per heavy atom. The lowest BCUT2D eigenvalue weighted by atomic mass is 9.96. The number of hydrogen-bond donors (Lipinski definition) is 4. The van der Waals surface area contributed by atoms with Gasteiger partial charge in [0.1, 0.15) is 17.1 Å². The van der Waals surface area contributed by atoms with E-state index in [1.807, 2.05) is 60.7 Å². The van der Waals surface area contributed by atoms with Gasteiger partial charge < -0.3 is 30.3 Å². The summed E-state index contributed by atoms with van der Waals surface area (Å²) in [6.07, 6.45) is -0.833. The van der Waals surface area contributed by atoms with E-state index in [4.69, 9.17) is 9.47 Å². The molecule has 5 aromatic rings. The van der Waals surface area contributed by atoms with Crippen LogP contribution in [0.2, 0.25) is 0 Å². The topological polar surface area (TPSA) is 218 Å². The fraction of sp³-hybridized carbons (Fsp3) is 0.220. The van der Waals surface area contributed by atoms with E-state index in [0.717, 1.165) is 12.1 Å². The van der Waals surface area contributed by atoms with Crippen LogP contribution in [0.15, 0.2) is 126 Å². The number of tetrazole rings is 1. The lowest BCUT2D eigenvalue weighted by Crippen LogP contribution is -2.81. The molecule has 3 atom stereocenters. The molecule has 0 radical (unpaired) electrons. The summed E-state index contributed by atoms with van der Waals surface area (Å²) in [4.78, 5) is 72.1. The van der Waals surface area contributed by atoms with E-state index >= 15 is 0 Å². The number of imide groups is 1. The average molecular weight is 851 g/mol. The molecule has 0 saturated carbocycles. The predicted octanol–water partition coefficient (Wildman–Crippen LogP) is 3.90. The molecule has 60 heavy (non-hydrogen) atoms. The summed E-state index contributed by atoms with van der Waals surface area (Å²) in [7, 11) is 4.10. The molecular weight excluding hydrogens is 813 g/mol. The van der Waals surface area contributed by atoms with Crippen LogP contribution in [0, 0.1) is 0 Å². The minimum atomic E-state index is -2.00. The molecule has 17 nitrogen and oxygen atoms in total. The summed E-state index contributed by atoms with van der Waals surface area (Å²) in [5.74, 6) is -3.82. The van der Waals surface area contributed by atoms with E-state index in [1.165, 1.54) is 53.3 Å². The van der Waals surface area contributed by atoms with Crippen LogP contribution in [-0.4, -0.2) is 107 Å². The summed E-state index contributed by atoms with van der Waals surface area (Å²) >= 11 is 2.52. The van der Waals surface area contributed by atoms with Crippen LogP contribution in [0.3, 0.4) is 0 Å². The Hall–Kier alpha value is -6.70. The largest absolute Gasteiger partial charge is 0.504 e. The fourth-order valence-electron chi connectivity index (χ4n) is 6.65. The number of amides is 5. The summed E-state index contributed by atoms with van der Waals surface area (Å²) in [6.45, 7) is 0. The van der Waals surface area contributed by atoms with Crippen LogP contribution >= 0.6 is 23.5 Å². The zero-order chi connectivity index (χ0) is 42.6. The van der Waals surface area contributed by atoms with Crippen molar-refractivity contribution >= 4 is 53.2 Å². The van der Waals surface area contributed by atoms with Gasteiger partial charge in [0.15, 0.2) is 17.6 Å². The Labute approximate surface area is 351 Å². The van der Waals surface area contributed by atoms with Gasteiger partial charge in [0.2, 0.25) is 11.1 Å². The summed E-state index contributed by atoms with van der Waals surface area (Å²) < 4.78 is 13.6. The number of phenols is 2. The number of fused-ring (bicyclic) bond motifs is 1. The minimum absolute atomic E-state index is 0.0153. The SMILES string of the molecule is CO[C@@]1(NC(=O)C(NC(=O)N(C)C(=O)c2ccc(O)c(O)c2)c2ccccc2)C(=O)N2C(C(=O)OC(c3ccccc3)c3ccccc3)=C(CSc3nnnn3C)CS[C@H]21. The van der Waals surface area contributed by atoms with Gasteiger partial charge in [-0.3, -0.25) is 24.2 Å². The van der Waals surface area contributed by atoms with Gasteiger partial charge in [0.05, 0.1) is 0 Å². The Balaban J connectivity index is 1.17. The molecule has 0 spiro atoms. The fourth-order valence-corrected chi connectivity index (χ4v) is 9.08. The molecule has 19 heteroatoms. The molecular formula is C41H38N8O9S2. The van der Waals surface area contributed by atoms with Gasteiger partial charge in [0, 0.05) is 38.3 Å². The van der Waals surface area contributed by atoms with Crippen molar-refractivity contribution < 1.29 is 43.7 Å². The van der Waals surface area contributed by atoms with E-state index in [2.05, 4.69) is 26.2 Å². The van der Waals surface area contributed by atoms with Crippen molar-refractivity contribution in [1.29, 1.82) is 0 Å². The van der Waals surface area contributed by atoms with Crippen LogP contribution in [0.4, 0.5) is 4.79 Å². The van der Waals surface area contributed by atoms with Crippen LogP contribution < -0.4 is 10.6 Å². The smallest absolute Gasteiger partial charge is 0.356 e. The van der Waals surface area contributed by atoms with Crippen molar-refractivity contribution in [2.45, 2.75) is 28.4 Å². The lowest BCUT2D eigenvalue weighted by molar-refractivity contribution is -0.193. The van der Waals surface area contributed by atoms with Crippen LogP contribution in [0.5, 0.6) is 11.5 Å². The summed E-state index contributed by atoms with van der Waals surface area (Å²) in [5, 5.41) is 36.0. The molecule has 308 valence electrons. The maximum absolute atomic E-state index is 14.6. The van der Waals surface area contributed by atoms with E-state index in [1.54, 1.807) is 37.4 Å². The monoisotopic (exact) mass is 850 g/mol. The van der Waals surface area contributed by atoms with Crippen molar-refractivity contribution in [2.75, 3.05) is 25.7 Å². The number of ether oxygens (including phenoxy) is 2. The molecule has 5 amide bonds. The third kappa shape index (κ3) is 8.14. The highest BCUT2D eigenvalue weighted by molar-refractivity contribution is 8.01. The number of aromatic nitrogens is 4. The number of thioether (sulfide) groups is 2. The predicted molar refractivity (Wildman–Crippen MR) is 218 cm³/mol. The van der Waals surface area contributed by atoms with E-state index in [-0.39, 0.29) is 22.8 Å². The standard InChI is InChI=1S/C41H38N8O9S2/c1-47(35(53)27-19-20-29(50)30(51)21-27)39(56)42-31(24-13-7-4-8-14-24)34(52)43-41(57-3)37(55)49-32(28(22-59-38(41)49)23-60-40-44-45-46-48(40)2)36(54)58-33(25-15-9-5-10-16-25)26-17-11-6-12-18-26/h4-21,31,33,38,50-51H,22-23H2,1-3H3,(H,42,56)(H,43,52)/t31?,38-,41-/m0/s1. The average Bonchev–Trinajstić information content (AvgIpc) is 3.70. The van der Waals surface area contributed by atoms with Gasteiger partial charge in [-0.2, -0.15) is 0 Å². The number of carbonyl (C=O) groups is 5. The highest BCUT2D eigenvalue weighted by Crippen LogP contribution is 2.48. The Morgan fingerprint density at radius 2 is 1.55 bits per heavy atom. The molecule has 1 unspecified atom stereocenters. The number of aryl methyl sites for hydroxylation is 1. The Morgan fingerprint density at radius 3 is 2.12 bits per heavy atom. The second-order valence-electron chi connectivity index (χ2n) is 13.6. The number of nitrogens with zero attached hydrogens (tertiary/aromatic N) is 6. The van der Waals surface area contributed by atoms with Crippen molar-refractivity contribution in [3.05, 3.63) is 143 Å². The number of β-lactam (4-membered cyclic amide) rings is 1. The van der Waals surface area contributed by atoms with Crippen LogP contribution in [0.1, 0.15) is 39.2 Å². The maximum atomic E-state index is 14.6. The van der Waals surface area contributed by atoms with Crippen molar-refractivity contribution in [3.63, 3.8) is 0 Å². The summed E-state index contributed by atoms with van der Waals surface area (Å²) in [5.41, 5.74) is 0.158. The number of phenolic OH excluding ortho intramolecular Hbond substituents is 2. The molecule has 1 aromatic heterocycles. The zero-order valence-electron chi connectivity index (χ0n) is 32.3. The first kappa shape index (κ1) is 41.5. The molecule has 2 aliphatic heterocycles. The van der Waals surface area contributed by atoms with E-state index in [9.17, 15) is 34.2 Å². The number of urea groups is 1. The van der Waals surface area contributed by atoms with Gasteiger partial charge in [0.25, 0.3) is 17.5 Å². The van der Waals surface area contributed by atoms with Crippen LogP contribution in [0.25, 0.3) is 0 Å². The number of hydrogen-bond acceptors (Lipinski definition) is 14. The van der Waals surface area contributed by atoms with Crippen molar-refractivity contribution in [3.8, 4) is 11.5 Å². The number of methoxy groups -OCH3 is 1. The van der Waals surface area contributed by atoms with Crippen molar-refractivity contribution in [1.82, 2.24) is 40.6 Å². The Kier molecular flexibility index (Phi) is 12.2. The van der Waals surface area contributed by atoms with E-state index in [0.29, 0.717) is 32.3 Å². The first-order valence-corrected chi connectivity index (χ1v) is 20.3. The third-order valence-electron chi connectivity index (χ3n) is 9.82. The van der Waals surface area contributed by atoms with Gasteiger partial charge >= 0.3 is 12.0 Å². The van der Waals surface area contributed by atoms with Gasteiger partial charge in [-0.25, -0.2) is 14.3 Å². The van der Waals surface area contributed by atoms with Gasteiger partial charge in [-0.15, -0.1) is 16.9 Å².